The van der Waals surface area contributed by atoms with Crippen molar-refractivity contribution in [2.24, 2.45) is 0 Å². The van der Waals surface area contributed by atoms with E-state index < -0.39 is 11.7 Å². The highest BCUT2D eigenvalue weighted by Crippen LogP contribution is 2.25. The molecule has 1 atom stereocenters. The van der Waals surface area contributed by atoms with Crippen LogP contribution < -0.4 is 10.9 Å². The Morgan fingerprint density at radius 1 is 1.32 bits per heavy atom. The maximum absolute atomic E-state index is 11.5. The lowest BCUT2D eigenvalue weighted by molar-refractivity contribution is 0.0489. The minimum absolute atomic E-state index is 0.169. The smallest absolute Gasteiger partial charge is 0.422 e. The van der Waals surface area contributed by atoms with Crippen molar-refractivity contribution in [1.82, 2.24) is 10.9 Å². The number of amides is 1. The number of hydrazine groups is 1. The van der Waals surface area contributed by atoms with E-state index in [1.54, 1.807) is 39.0 Å². The van der Waals surface area contributed by atoms with E-state index in [1.165, 1.54) is 0 Å². The molecule has 0 bridgehead atoms. The second kappa shape index (κ2) is 6.46. The molecule has 19 heavy (non-hydrogen) atoms. The second-order valence-corrected chi connectivity index (χ2v) is 6.00. The Kier molecular flexibility index (Phi) is 5.47. The van der Waals surface area contributed by atoms with E-state index in [1.807, 2.05) is 6.92 Å². The molecule has 2 N–H and O–H groups in total. The Hall–Kier alpha value is -0.970. The van der Waals surface area contributed by atoms with E-state index in [0.29, 0.717) is 10.0 Å². The van der Waals surface area contributed by atoms with Crippen molar-refractivity contribution in [3.05, 3.63) is 33.8 Å². The SMILES string of the molecule is C[C@H](NNC(=O)OC(C)(C)C)c1ccc(Cl)cc1Cl. The fourth-order valence-corrected chi connectivity index (χ4v) is 1.97. The van der Waals surface area contributed by atoms with Gasteiger partial charge in [0.2, 0.25) is 0 Å². The van der Waals surface area contributed by atoms with Crippen LogP contribution in [0.3, 0.4) is 0 Å². The molecule has 0 fully saturated rings. The zero-order valence-corrected chi connectivity index (χ0v) is 12.9. The number of carbonyl (C=O) groups excluding carboxylic acids is 1. The predicted molar refractivity (Wildman–Crippen MR) is 77.4 cm³/mol. The molecule has 0 aliphatic rings. The van der Waals surface area contributed by atoms with Gasteiger partial charge in [-0.15, -0.1) is 0 Å². The van der Waals surface area contributed by atoms with Crippen molar-refractivity contribution in [2.75, 3.05) is 0 Å². The lowest BCUT2D eigenvalue weighted by atomic mass is 10.1. The van der Waals surface area contributed by atoms with Gasteiger partial charge in [0, 0.05) is 16.1 Å². The minimum atomic E-state index is -0.538. The molecule has 1 amide bonds. The Balaban J connectivity index is 2.56. The molecule has 0 aliphatic carbocycles. The summed E-state index contributed by atoms with van der Waals surface area (Å²) in [6, 6.07) is 5.04. The van der Waals surface area contributed by atoms with Crippen LogP contribution in [0.4, 0.5) is 4.79 Å². The predicted octanol–water partition coefficient (Wildman–Crippen LogP) is 4.08. The van der Waals surface area contributed by atoms with Crippen molar-refractivity contribution >= 4 is 29.3 Å². The third-order valence-corrected chi connectivity index (χ3v) is 2.78. The zero-order chi connectivity index (χ0) is 14.6. The van der Waals surface area contributed by atoms with E-state index in [9.17, 15) is 4.79 Å². The quantitative estimate of drug-likeness (QED) is 0.827. The molecular weight excluding hydrogens is 287 g/mol. The van der Waals surface area contributed by atoms with Crippen molar-refractivity contribution in [3.63, 3.8) is 0 Å². The normalized spacial score (nSPS) is 12.9. The summed E-state index contributed by atoms with van der Waals surface area (Å²) in [7, 11) is 0. The van der Waals surface area contributed by atoms with Gasteiger partial charge in [0.05, 0.1) is 0 Å². The summed E-state index contributed by atoms with van der Waals surface area (Å²) in [6.45, 7) is 7.26. The van der Waals surface area contributed by atoms with E-state index >= 15 is 0 Å². The minimum Gasteiger partial charge on any atom is -0.443 e. The summed E-state index contributed by atoms with van der Waals surface area (Å²) in [4.78, 5) is 11.5. The lowest BCUT2D eigenvalue weighted by Gasteiger charge is -2.21. The van der Waals surface area contributed by atoms with Crippen LogP contribution >= 0.6 is 23.2 Å². The summed E-state index contributed by atoms with van der Waals surface area (Å²) in [5, 5.41) is 1.11. The zero-order valence-electron chi connectivity index (χ0n) is 11.4. The summed E-state index contributed by atoms with van der Waals surface area (Å²) < 4.78 is 5.11. The van der Waals surface area contributed by atoms with Crippen LogP contribution in [-0.4, -0.2) is 11.7 Å². The molecule has 1 aromatic rings. The van der Waals surface area contributed by atoms with Crippen LogP contribution in [0.1, 0.15) is 39.3 Å². The van der Waals surface area contributed by atoms with Gasteiger partial charge in [-0.05, 0) is 45.4 Å². The molecule has 0 heterocycles. The average Bonchev–Trinajstić information content (AvgIpc) is 2.23. The highest BCUT2D eigenvalue weighted by Gasteiger charge is 2.17. The van der Waals surface area contributed by atoms with Crippen molar-refractivity contribution in [3.8, 4) is 0 Å². The molecule has 106 valence electrons. The molecule has 6 heteroatoms. The first-order valence-corrected chi connectivity index (χ1v) is 6.64. The first kappa shape index (κ1) is 16.1. The Morgan fingerprint density at radius 3 is 2.47 bits per heavy atom. The molecule has 0 aliphatic heterocycles. The molecule has 0 unspecified atom stereocenters. The Morgan fingerprint density at radius 2 is 1.95 bits per heavy atom. The van der Waals surface area contributed by atoms with Gasteiger partial charge < -0.3 is 4.74 Å². The third kappa shape index (κ3) is 5.68. The topological polar surface area (TPSA) is 50.4 Å². The number of halogens is 2. The van der Waals surface area contributed by atoms with Crippen molar-refractivity contribution in [1.29, 1.82) is 0 Å². The van der Waals surface area contributed by atoms with Gasteiger partial charge in [0.25, 0.3) is 0 Å². The molecule has 0 radical (unpaired) electrons. The van der Waals surface area contributed by atoms with E-state index in [-0.39, 0.29) is 6.04 Å². The second-order valence-electron chi connectivity index (χ2n) is 5.16. The molecular formula is C13H18Cl2N2O2. The number of carbonyl (C=O) groups is 1. The number of hydrogen-bond acceptors (Lipinski definition) is 3. The number of rotatable bonds is 3. The fraction of sp³-hybridized carbons (Fsp3) is 0.462. The molecule has 0 saturated heterocycles. The van der Waals surface area contributed by atoms with Gasteiger partial charge in [-0.3, -0.25) is 5.43 Å². The van der Waals surface area contributed by atoms with Crippen LogP contribution in [0.2, 0.25) is 10.0 Å². The van der Waals surface area contributed by atoms with E-state index in [0.717, 1.165) is 5.56 Å². The summed E-state index contributed by atoms with van der Waals surface area (Å²) in [5.74, 6) is 0. The van der Waals surface area contributed by atoms with Crippen molar-refractivity contribution < 1.29 is 9.53 Å². The molecule has 1 rings (SSSR count). The highest BCUT2D eigenvalue weighted by molar-refractivity contribution is 6.35. The molecule has 0 aromatic heterocycles. The Labute approximate surface area is 123 Å². The number of nitrogens with one attached hydrogen (secondary N) is 2. The van der Waals surface area contributed by atoms with Crippen LogP contribution in [0.5, 0.6) is 0 Å². The Bertz CT molecular complexity index is 458. The van der Waals surface area contributed by atoms with Gasteiger partial charge in [0.1, 0.15) is 5.60 Å². The van der Waals surface area contributed by atoms with E-state index in [2.05, 4.69) is 10.9 Å². The van der Waals surface area contributed by atoms with Gasteiger partial charge >= 0.3 is 6.09 Å². The first-order valence-electron chi connectivity index (χ1n) is 5.88. The van der Waals surface area contributed by atoms with Gasteiger partial charge in [-0.1, -0.05) is 29.3 Å². The summed E-state index contributed by atoms with van der Waals surface area (Å²) in [6.07, 6.45) is -0.538. The third-order valence-electron chi connectivity index (χ3n) is 2.22. The molecule has 0 spiro atoms. The summed E-state index contributed by atoms with van der Waals surface area (Å²) in [5.41, 5.74) is 5.61. The molecule has 1 aromatic carbocycles. The van der Waals surface area contributed by atoms with Crippen LogP contribution in [0.25, 0.3) is 0 Å². The average molecular weight is 305 g/mol. The van der Waals surface area contributed by atoms with Crippen LogP contribution in [0, 0.1) is 0 Å². The van der Waals surface area contributed by atoms with Gasteiger partial charge in [-0.2, -0.15) is 0 Å². The maximum Gasteiger partial charge on any atom is 0.422 e. The number of benzene rings is 1. The van der Waals surface area contributed by atoms with Crippen LogP contribution in [-0.2, 0) is 4.74 Å². The monoisotopic (exact) mass is 304 g/mol. The molecule has 4 nitrogen and oxygen atoms in total. The van der Waals surface area contributed by atoms with Gasteiger partial charge in [-0.25, -0.2) is 10.2 Å². The molecule has 0 saturated carbocycles. The van der Waals surface area contributed by atoms with Crippen LogP contribution in [0.15, 0.2) is 18.2 Å². The largest absolute Gasteiger partial charge is 0.443 e. The standard InChI is InChI=1S/C13H18Cl2N2O2/c1-8(10-6-5-9(14)7-11(10)15)16-17-12(18)19-13(2,3)4/h5-8,16H,1-4H3,(H,17,18)/t8-/m0/s1. The fourth-order valence-electron chi connectivity index (χ4n) is 1.40. The van der Waals surface area contributed by atoms with Gasteiger partial charge in [0.15, 0.2) is 0 Å². The number of ether oxygens (including phenoxy) is 1. The summed E-state index contributed by atoms with van der Waals surface area (Å²) >= 11 is 11.9. The number of hydrogen-bond donors (Lipinski definition) is 2. The maximum atomic E-state index is 11.5. The van der Waals surface area contributed by atoms with E-state index in [4.69, 9.17) is 27.9 Å². The lowest BCUT2D eigenvalue weighted by Crippen LogP contribution is -2.42. The highest BCUT2D eigenvalue weighted by atomic mass is 35.5. The van der Waals surface area contributed by atoms with Crippen molar-refractivity contribution in [2.45, 2.75) is 39.3 Å². The first-order chi connectivity index (χ1) is 8.69.